The average Bonchev–Trinajstić information content (AvgIpc) is 2.79. The zero-order valence-corrected chi connectivity index (χ0v) is 20.6. The molecule has 0 aliphatic carbocycles. The van der Waals surface area contributed by atoms with E-state index in [0.717, 1.165) is 12.8 Å². The van der Waals surface area contributed by atoms with E-state index >= 15 is 0 Å². The van der Waals surface area contributed by atoms with Crippen molar-refractivity contribution in [2.45, 2.75) is 12.8 Å². The first-order valence-electron chi connectivity index (χ1n) is 10.2. The highest BCUT2D eigenvalue weighted by atomic mass is 35.5. The molecule has 0 amide bonds. The van der Waals surface area contributed by atoms with Gasteiger partial charge in [0, 0.05) is 36.1 Å². The molecule has 0 saturated carbocycles. The maximum absolute atomic E-state index is 14.0. The number of anilines is 2. The van der Waals surface area contributed by atoms with Gasteiger partial charge in [-0.2, -0.15) is 18.4 Å². The molecule has 1 aromatic heterocycles. The second-order valence-corrected chi connectivity index (χ2v) is 10.6. The Labute approximate surface area is 210 Å². The first-order chi connectivity index (χ1) is 16.2. The number of hydrogen-bond acceptors (Lipinski definition) is 6. The summed E-state index contributed by atoms with van der Waals surface area (Å²) in [7, 11) is -3.96. The lowest BCUT2D eigenvalue weighted by atomic mass is 9.98. The van der Waals surface area contributed by atoms with Crippen LogP contribution in [0.15, 0.2) is 30.6 Å². The second-order valence-electron chi connectivity index (χ2n) is 7.81. The number of nitriles is 1. The van der Waals surface area contributed by atoms with Crippen molar-refractivity contribution in [3.05, 3.63) is 57.0 Å². The monoisotopic (exact) mass is 542 g/mol. The molecule has 4 rings (SSSR count). The molecule has 1 aliphatic rings. The fourth-order valence-corrected chi connectivity index (χ4v) is 5.90. The predicted octanol–water partition coefficient (Wildman–Crippen LogP) is 4.76. The summed E-state index contributed by atoms with van der Waals surface area (Å²) >= 11 is 18.0. The van der Waals surface area contributed by atoms with Gasteiger partial charge in [-0.3, -0.25) is 4.72 Å². The number of piperidine rings is 1. The quantitative estimate of drug-likeness (QED) is 0.464. The summed E-state index contributed by atoms with van der Waals surface area (Å²) in [6.45, 7) is 1.36. The highest BCUT2D eigenvalue weighted by Crippen LogP contribution is 2.34. The highest BCUT2D eigenvalue weighted by molar-refractivity contribution is 7.90. The number of nitrogens with one attached hydrogen (secondary N) is 2. The van der Waals surface area contributed by atoms with Gasteiger partial charge in [0.2, 0.25) is 0 Å². The van der Waals surface area contributed by atoms with Crippen LogP contribution in [0.25, 0.3) is 10.9 Å². The Bertz CT molecular complexity index is 1380. The van der Waals surface area contributed by atoms with E-state index in [4.69, 9.17) is 34.8 Å². The first-order valence-corrected chi connectivity index (χ1v) is 12.8. The van der Waals surface area contributed by atoms with Crippen molar-refractivity contribution in [2.24, 2.45) is 5.92 Å². The molecular weight excluding hydrogens is 526 g/mol. The largest absolute Gasteiger partial charge is 0.356 e. The molecule has 0 spiro atoms. The van der Waals surface area contributed by atoms with Crippen molar-refractivity contribution >= 4 is 67.4 Å². The Morgan fingerprint density at radius 3 is 2.62 bits per heavy atom. The van der Waals surface area contributed by atoms with Crippen molar-refractivity contribution in [2.75, 3.05) is 29.3 Å². The summed E-state index contributed by atoms with van der Waals surface area (Å²) in [5, 5.41) is 10.2. The summed E-state index contributed by atoms with van der Waals surface area (Å²) in [4.78, 5) is 10.4. The van der Waals surface area contributed by atoms with E-state index in [-0.39, 0.29) is 38.8 Å². The molecule has 1 unspecified atom stereocenters. The molecule has 2 N–H and O–H groups in total. The van der Waals surface area contributed by atoms with Crippen LogP contribution in [0.4, 0.5) is 15.9 Å². The SMILES string of the molecule is N#Cc1cc2c(N3CCCC(CNS(=O)(=O)Nc4c(Cl)cc(Cl)cc4Cl)C3)ncnc2cc1F. The Morgan fingerprint density at radius 1 is 1.18 bits per heavy atom. The van der Waals surface area contributed by atoms with Gasteiger partial charge in [-0.05, 0) is 37.0 Å². The van der Waals surface area contributed by atoms with Gasteiger partial charge in [-0.25, -0.2) is 14.4 Å². The second kappa shape index (κ2) is 10.1. The minimum absolute atomic E-state index is 0.0256. The molecule has 2 aromatic carbocycles. The molecule has 1 saturated heterocycles. The fourth-order valence-electron chi connectivity index (χ4n) is 3.86. The summed E-state index contributed by atoms with van der Waals surface area (Å²) < 4.78 is 44.1. The zero-order chi connectivity index (χ0) is 24.5. The molecule has 3 aromatic rings. The average molecular weight is 544 g/mol. The minimum Gasteiger partial charge on any atom is -0.356 e. The van der Waals surface area contributed by atoms with Crippen molar-refractivity contribution < 1.29 is 12.8 Å². The van der Waals surface area contributed by atoms with E-state index < -0.39 is 16.0 Å². The zero-order valence-electron chi connectivity index (χ0n) is 17.5. The molecule has 1 atom stereocenters. The van der Waals surface area contributed by atoms with Crippen LogP contribution in [0.3, 0.4) is 0 Å². The molecular formula is C21H18Cl3FN6O2S. The van der Waals surface area contributed by atoms with Crippen LogP contribution in [0.2, 0.25) is 15.1 Å². The molecule has 0 radical (unpaired) electrons. The van der Waals surface area contributed by atoms with Gasteiger partial charge in [0.15, 0.2) is 0 Å². The molecule has 34 heavy (non-hydrogen) atoms. The molecule has 8 nitrogen and oxygen atoms in total. The number of aromatic nitrogens is 2. The van der Waals surface area contributed by atoms with Crippen LogP contribution in [-0.4, -0.2) is 38.0 Å². The van der Waals surface area contributed by atoms with Gasteiger partial charge in [-0.15, -0.1) is 0 Å². The van der Waals surface area contributed by atoms with Crippen LogP contribution in [-0.2, 0) is 10.2 Å². The number of benzene rings is 2. The fraction of sp³-hybridized carbons (Fsp3) is 0.286. The minimum atomic E-state index is -3.96. The van der Waals surface area contributed by atoms with Crippen molar-refractivity contribution in [3.8, 4) is 6.07 Å². The van der Waals surface area contributed by atoms with E-state index in [1.807, 2.05) is 11.0 Å². The van der Waals surface area contributed by atoms with Gasteiger partial charge >= 0.3 is 0 Å². The van der Waals surface area contributed by atoms with E-state index in [0.29, 0.717) is 29.8 Å². The number of fused-ring (bicyclic) bond motifs is 1. The molecule has 13 heteroatoms. The molecule has 1 fully saturated rings. The Morgan fingerprint density at radius 2 is 1.91 bits per heavy atom. The van der Waals surface area contributed by atoms with E-state index in [1.54, 1.807) is 0 Å². The number of halogens is 4. The summed E-state index contributed by atoms with van der Waals surface area (Å²) in [5.74, 6) is -0.0896. The number of rotatable bonds is 6. The number of nitrogens with zero attached hydrogens (tertiary/aromatic N) is 4. The van der Waals surface area contributed by atoms with Gasteiger partial charge in [0.05, 0.1) is 26.8 Å². The van der Waals surface area contributed by atoms with E-state index in [1.165, 1.54) is 30.6 Å². The summed E-state index contributed by atoms with van der Waals surface area (Å²) in [5.41, 5.74) is 0.346. The summed E-state index contributed by atoms with van der Waals surface area (Å²) in [6.07, 6.45) is 2.94. The third-order valence-corrected chi connectivity index (χ3v) is 7.28. The lowest BCUT2D eigenvalue weighted by Crippen LogP contribution is -2.42. The van der Waals surface area contributed by atoms with Gasteiger partial charge < -0.3 is 4.90 Å². The molecule has 2 heterocycles. The normalized spacial score (nSPS) is 16.4. The molecule has 1 aliphatic heterocycles. The third-order valence-electron chi connectivity index (χ3n) is 5.45. The van der Waals surface area contributed by atoms with Crippen LogP contribution < -0.4 is 14.3 Å². The van der Waals surface area contributed by atoms with Crippen LogP contribution in [0, 0.1) is 23.1 Å². The first kappa shape index (κ1) is 24.7. The van der Waals surface area contributed by atoms with Gasteiger partial charge in [0.25, 0.3) is 10.2 Å². The van der Waals surface area contributed by atoms with Gasteiger partial charge in [0.1, 0.15) is 24.0 Å². The third kappa shape index (κ3) is 5.45. The Kier molecular flexibility index (Phi) is 7.31. The van der Waals surface area contributed by atoms with Crippen LogP contribution in [0.1, 0.15) is 18.4 Å². The summed E-state index contributed by atoms with van der Waals surface area (Å²) in [6, 6.07) is 7.27. The van der Waals surface area contributed by atoms with E-state index in [2.05, 4.69) is 19.4 Å². The maximum Gasteiger partial charge on any atom is 0.299 e. The van der Waals surface area contributed by atoms with Crippen LogP contribution >= 0.6 is 34.8 Å². The van der Waals surface area contributed by atoms with Crippen molar-refractivity contribution in [1.29, 1.82) is 5.26 Å². The Hall–Kier alpha value is -2.42. The number of hydrogen-bond donors (Lipinski definition) is 2. The van der Waals surface area contributed by atoms with Crippen LogP contribution in [0.5, 0.6) is 0 Å². The standard InChI is InChI=1S/C21H18Cl3FN6O2S/c22-14-5-16(23)20(17(24)6-14)30-34(32,33)29-9-12-2-1-3-31(10-12)21-15-4-13(8-26)18(25)7-19(15)27-11-28-21/h4-7,11-12,29-30H,1-3,9-10H2. The highest BCUT2D eigenvalue weighted by Gasteiger charge is 2.25. The van der Waals surface area contributed by atoms with Crippen molar-refractivity contribution in [1.82, 2.24) is 14.7 Å². The topological polar surface area (TPSA) is 111 Å². The molecule has 0 bridgehead atoms. The van der Waals surface area contributed by atoms with Gasteiger partial charge in [-0.1, -0.05) is 34.8 Å². The Balaban J connectivity index is 1.48. The molecule has 178 valence electrons. The van der Waals surface area contributed by atoms with Crippen molar-refractivity contribution in [3.63, 3.8) is 0 Å². The smallest absolute Gasteiger partial charge is 0.299 e. The maximum atomic E-state index is 14.0. The predicted molar refractivity (Wildman–Crippen MR) is 131 cm³/mol. The lowest BCUT2D eigenvalue weighted by molar-refractivity contribution is 0.410. The lowest BCUT2D eigenvalue weighted by Gasteiger charge is -2.34. The van der Waals surface area contributed by atoms with E-state index in [9.17, 15) is 18.1 Å².